The minimum absolute atomic E-state index is 0.0158. The highest BCUT2D eigenvalue weighted by molar-refractivity contribution is 7.92. The number of hydrogen-bond acceptors (Lipinski definition) is 7. The maximum Gasteiger partial charge on any atom is 0.416 e. The van der Waals surface area contributed by atoms with E-state index in [1.807, 2.05) is 10.0 Å². The van der Waals surface area contributed by atoms with Crippen molar-refractivity contribution < 1.29 is 83.8 Å². The molecule has 0 fully saturated rings. The molecule has 0 saturated carbocycles. The lowest BCUT2D eigenvalue weighted by Gasteiger charge is -2.17. The van der Waals surface area contributed by atoms with Gasteiger partial charge in [-0.15, -0.1) is 0 Å². The molecule has 2 amide bonds. The number of halogens is 17. The van der Waals surface area contributed by atoms with Crippen LogP contribution in [-0.4, -0.2) is 46.8 Å². The molecule has 0 atom stereocenters. The van der Waals surface area contributed by atoms with Crippen LogP contribution in [0.2, 0.25) is 25.1 Å². The number of carbonyl (C=O) groups is 2. The van der Waals surface area contributed by atoms with E-state index in [0.29, 0.717) is 29.2 Å². The maximum atomic E-state index is 13.2. The summed E-state index contributed by atoms with van der Waals surface area (Å²) < 4.78 is 213. The largest absolute Gasteiger partial charge is 0.457 e. The Hall–Kier alpha value is -5.83. The van der Waals surface area contributed by atoms with Crippen LogP contribution < -0.4 is 24.8 Å². The first-order valence-electron chi connectivity index (χ1n) is 19.6. The second-order valence-corrected chi connectivity index (χ2v) is 20.5. The fraction of sp³-hybridized carbons (Fsp3) is 0.136. The number of amides is 2. The lowest BCUT2D eigenvalue weighted by atomic mass is 10.00. The first-order chi connectivity index (χ1) is 33.9. The summed E-state index contributed by atoms with van der Waals surface area (Å²) >= 11 is 29.6. The van der Waals surface area contributed by atoms with Crippen molar-refractivity contribution in [2.24, 2.45) is 0 Å². The molecule has 0 heterocycles. The fourth-order valence-corrected chi connectivity index (χ4v) is 8.69. The molecule has 0 aliphatic heterocycles. The van der Waals surface area contributed by atoms with E-state index in [9.17, 15) is 79.1 Å². The highest BCUT2D eigenvalue weighted by Gasteiger charge is 2.38. The molecule has 6 aromatic rings. The molecule has 0 aromatic heterocycles. The average molecular weight is 1190 g/mol. The average Bonchev–Trinajstić information content (AvgIpc) is 3.24. The van der Waals surface area contributed by atoms with E-state index in [2.05, 4.69) is 5.32 Å². The summed E-state index contributed by atoms with van der Waals surface area (Å²) in [6, 6.07) is 18.0. The topological polar surface area (TPSA) is 160 Å². The van der Waals surface area contributed by atoms with Crippen molar-refractivity contribution in [3.63, 3.8) is 0 Å². The van der Waals surface area contributed by atoms with Crippen LogP contribution in [0, 0.1) is 0 Å². The number of alkyl halides is 12. The van der Waals surface area contributed by atoms with Crippen LogP contribution in [0.1, 0.15) is 37.4 Å². The molecular weight excluding hydrogens is 1170 g/mol. The highest BCUT2D eigenvalue weighted by Crippen LogP contribution is 2.40. The fourth-order valence-electron chi connectivity index (χ4n) is 6.09. The van der Waals surface area contributed by atoms with Crippen molar-refractivity contribution in [1.29, 1.82) is 0 Å². The Balaban J connectivity index is 0.000000276. The molecule has 0 bridgehead atoms. The van der Waals surface area contributed by atoms with E-state index in [4.69, 9.17) is 62.7 Å². The molecule has 74 heavy (non-hydrogen) atoms. The molecule has 0 spiro atoms. The van der Waals surface area contributed by atoms with Crippen molar-refractivity contribution in [2.75, 3.05) is 32.1 Å². The Kier molecular flexibility index (Phi) is 18.0. The summed E-state index contributed by atoms with van der Waals surface area (Å²) in [5.74, 6) is -3.96. The third-order valence-electron chi connectivity index (χ3n) is 9.16. The molecule has 0 unspecified atom stereocenters. The van der Waals surface area contributed by atoms with Gasteiger partial charge in [0.25, 0.3) is 11.8 Å². The van der Waals surface area contributed by atoms with Crippen LogP contribution in [0.4, 0.5) is 75.4 Å². The van der Waals surface area contributed by atoms with Gasteiger partial charge in [0.05, 0.1) is 60.5 Å². The number of hydrogen-bond donors (Lipinski definition) is 4. The second kappa shape index (κ2) is 22.6. The number of ether oxygens (including phenoxy) is 1. The van der Waals surface area contributed by atoms with E-state index in [1.165, 1.54) is 24.3 Å². The van der Waals surface area contributed by atoms with Crippen LogP contribution in [0.5, 0.6) is 11.5 Å². The van der Waals surface area contributed by atoms with Crippen LogP contribution in [0.3, 0.4) is 0 Å². The van der Waals surface area contributed by atoms with Crippen molar-refractivity contribution >= 4 is 113 Å². The number of sulfonamides is 2. The molecule has 396 valence electrons. The Morgan fingerprint density at radius 3 is 1.47 bits per heavy atom. The van der Waals surface area contributed by atoms with Crippen LogP contribution in [0.15, 0.2) is 109 Å². The SMILES string of the molecule is CS(=O)(=O)Nc1ccc(-c2ccc(C(F)(F)F)cc2Cl)cc1C(=O)Nc1cc(C(F)(F)F)cc(C(F)(F)F)c1.O=C(Nc1cc(Cl)c(Cl)c(Cl)c1)c1cc(Oc2ccc(Cl)cc2)ccc1NS(=O)(=O)CC(F)(F)F. The van der Waals surface area contributed by atoms with E-state index >= 15 is 0 Å². The van der Waals surface area contributed by atoms with Gasteiger partial charge < -0.3 is 15.4 Å². The third kappa shape index (κ3) is 16.8. The molecule has 30 heteroatoms. The van der Waals surface area contributed by atoms with Gasteiger partial charge in [0.15, 0.2) is 5.75 Å². The molecule has 4 N–H and O–H groups in total. The van der Waals surface area contributed by atoms with E-state index in [1.54, 1.807) is 29.0 Å². The Morgan fingerprint density at radius 1 is 0.514 bits per heavy atom. The first kappa shape index (κ1) is 59.1. The van der Waals surface area contributed by atoms with Gasteiger partial charge in [0.1, 0.15) is 11.5 Å². The van der Waals surface area contributed by atoms with Gasteiger partial charge >= 0.3 is 24.7 Å². The van der Waals surface area contributed by atoms with Gasteiger partial charge in [-0.1, -0.05) is 70.1 Å². The van der Waals surface area contributed by atoms with E-state index in [0.717, 1.165) is 30.3 Å². The van der Waals surface area contributed by atoms with Gasteiger partial charge in [0, 0.05) is 27.0 Å². The number of nitrogens with one attached hydrogen (secondary N) is 4. The van der Waals surface area contributed by atoms with Gasteiger partial charge in [0.2, 0.25) is 20.0 Å². The van der Waals surface area contributed by atoms with E-state index in [-0.39, 0.29) is 61.4 Å². The van der Waals surface area contributed by atoms with Gasteiger partial charge in [-0.2, -0.15) is 52.7 Å². The third-order valence-corrected chi connectivity index (χ3v) is 12.7. The minimum atomic E-state index is -5.21. The number of benzene rings is 6. The molecule has 0 radical (unpaired) electrons. The standard InChI is InChI=1S/C23H14ClF9N2O3S.C21H13Cl4F3N2O4S/c1-39(37,38)35-19-5-2-11(16-4-3-12(10-18(16)24)21(25,26)27)6-17(19)20(36)34-15-8-13(22(28,29)30)7-14(9-15)23(31,32)33;22-11-1-3-13(4-2-11)34-14-5-6-18(30-35(32,33)10-21(26,27)28)15(9-14)20(31)29-12-7-16(23)19(25)17(24)8-12/h2-10,35H,1H3,(H,34,36);1-9,30H,10H2,(H,29,31). The Labute approximate surface area is 435 Å². The van der Waals surface area contributed by atoms with Crippen molar-refractivity contribution in [1.82, 2.24) is 0 Å². The zero-order valence-electron chi connectivity index (χ0n) is 36.2. The smallest absolute Gasteiger partial charge is 0.416 e. The molecule has 11 nitrogen and oxygen atoms in total. The van der Waals surface area contributed by atoms with Crippen molar-refractivity contribution in [3.05, 3.63) is 162 Å². The lowest BCUT2D eigenvalue weighted by molar-refractivity contribution is -0.143. The Morgan fingerprint density at radius 2 is 0.986 bits per heavy atom. The number of rotatable bonds is 12. The minimum Gasteiger partial charge on any atom is -0.457 e. The summed E-state index contributed by atoms with van der Waals surface area (Å²) in [6.45, 7) is 0. The monoisotopic (exact) mass is 1190 g/mol. The van der Waals surface area contributed by atoms with Crippen molar-refractivity contribution in [3.8, 4) is 22.6 Å². The number of anilines is 4. The van der Waals surface area contributed by atoms with Gasteiger partial charge in [-0.3, -0.25) is 19.0 Å². The maximum absolute atomic E-state index is 13.2. The van der Waals surface area contributed by atoms with Gasteiger partial charge in [-0.05, 0) is 103 Å². The van der Waals surface area contributed by atoms with Crippen molar-refractivity contribution in [2.45, 2.75) is 24.7 Å². The quantitative estimate of drug-likeness (QED) is 0.0701. The zero-order valence-corrected chi connectivity index (χ0v) is 41.6. The predicted octanol–water partition coefficient (Wildman–Crippen LogP) is 15.3. The summed E-state index contributed by atoms with van der Waals surface area (Å²) in [7, 11) is -8.93. The van der Waals surface area contributed by atoms with Crippen LogP contribution in [-0.2, 0) is 38.6 Å². The molecule has 0 saturated heterocycles. The van der Waals surface area contributed by atoms with Crippen LogP contribution in [0.25, 0.3) is 11.1 Å². The first-order valence-corrected chi connectivity index (χ1v) is 25.0. The predicted molar refractivity (Wildman–Crippen MR) is 256 cm³/mol. The summed E-state index contributed by atoms with van der Waals surface area (Å²) in [5.41, 5.74) is -7.15. The lowest BCUT2D eigenvalue weighted by Crippen LogP contribution is -2.28. The Bertz CT molecular complexity index is 3290. The zero-order chi connectivity index (χ0) is 55.5. The van der Waals surface area contributed by atoms with E-state index < -0.39 is 107 Å². The van der Waals surface area contributed by atoms with Gasteiger partial charge in [-0.25, -0.2) is 16.8 Å². The molecular formula is C44H27Cl5F12N4O7S2. The molecule has 0 aliphatic rings. The summed E-state index contributed by atoms with van der Waals surface area (Å²) in [6.07, 6.45) is -19.4. The summed E-state index contributed by atoms with van der Waals surface area (Å²) in [4.78, 5) is 26.0. The molecule has 6 aromatic carbocycles. The van der Waals surface area contributed by atoms with Crippen LogP contribution >= 0.6 is 58.0 Å². The molecule has 6 rings (SSSR count). The number of carbonyl (C=O) groups excluding carboxylic acids is 2. The normalized spacial score (nSPS) is 12.3. The molecule has 0 aliphatic carbocycles. The summed E-state index contributed by atoms with van der Waals surface area (Å²) in [5, 5.41) is 4.46. The second-order valence-electron chi connectivity index (χ2n) is 15.0. The highest BCUT2D eigenvalue weighted by atomic mass is 35.5.